The molecule has 0 unspecified atom stereocenters. The monoisotopic (exact) mass is 811 g/mol. The van der Waals surface area contributed by atoms with Gasteiger partial charge in [0.1, 0.15) is 11.9 Å². The van der Waals surface area contributed by atoms with Gasteiger partial charge < -0.3 is 39.3 Å². The van der Waals surface area contributed by atoms with Crippen molar-refractivity contribution in [3.8, 4) is 5.75 Å². The molecule has 1 fully saturated rings. The molecule has 0 spiro atoms. The van der Waals surface area contributed by atoms with Crippen molar-refractivity contribution in [2.24, 2.45) is 0 Å². The van der Waals surface area contributed by atoms with Crippen molar-refractivity contribution >= 4 is 47.9 Å². The molecule has 55 heavy (non-hydrogen) atoms. The maximum Gasteiger partial charge on any atom is 0.349 e. The number of aliphatic hydroxyl groups is 1. The van der Waals surface area contributed by atoms with E-state index in [1.807, 2.05) is 29.0 Å². The molecule has 1 aliphatic carbocycles. The molecule has 0 amide bonds. The highest BCUT2D eigenvalue weighted by atomic mass is 32.1. The summed E-state index contributed by atoms with van der Waals surface area (Å²) < 4.78 is 18.9. The lowest BCUT2D eigenvalue weighted by Gasteiger charge is -2.39. The van der Waals surface area contributed by atoms with Gasteiger partial charge in [-0.25, -0.2) is 4.79 Å². The number of unbranched alkanes of at least 4 members (excludes halogenated alkanes) is 3. The number of carbonyl (C=O) groups excluding carboxylic acids is 1. The minimum atomic E-state index is -2.12. The summed E-state index contributed by atoms with van der Waals surface area (Å²) in [5, 5.41) is 30.2. The number of esters is 1. The number of aromatic nitrogens is 1. The van der Waals surface area contributed by atoms with Crippen LogP contribution in [0.2, 0.25) is 18.1 Å². The lowest BCUT2D eigenvalue weighted by atomic mass is 9.91. The second kappa shape index (κ2) is 19.5. The van der Waals surface area contributed by atoms with E-state index < -0.39 is 19.9 Å². The van der Waals surface area contributed by atoms with Crippen molar-refractivity contribution < 1.29 is 28.9 Å². The summed E-state index contributed by atoms with van der Waals surface area (Å²) in [6, 6.07) is 14.5. The molecule has 3 heterocycles. The molecule has 4 N–H and O–H groups in total. The summed E-state index contributed by atoms with van der Waals surface area (Å²) in [5.41, 5.74) is -0.595. The number of pyridine rings is 1. The van der Waals surface area contributed by atoms with Gasteiger partial charge in [0.2, 0.25) is 11.2 Å². The summed E-state index contributed by atoms with van der Waals surface area (Å²) in [6.45, 7) is 15.0. The molecule has 1 atom stereocenters. The molecule has 0 saturated heterocycles. The number of nitrogens with one attached hydrogen (secondary N) is 2. The Morgan fingerprint density at radius 2 is 1.64 bits per heavy atom. The highest BCUT2D eigenvalue weighted by molar-refractivity contribution is 7.12. The van der Waals surface area contributed by atoms with Crippen molar-refractivity contribution in [1.82, 2.24) is 15.2 Å². The topological polar surface area (TPSA) is 133 Å². The van der Waals surface area contributed by atoms with Crippen LogP contribution < -0.4 is 10.9 Å². The number of thiophene rings is 2. The number of phenols is 1. The van der Waals surface area contributed by atoms with Crippen LogP contribution in [0.1, 0.15) is 93.6 Å². The minimum Gasteiger partial charge on any atom is -0.506 e. The summed E-state index contributed by atoms with van der Waals surface area (Å²) in [5.74, 6) is -0.527. The van der Waals surface area contributed by atoms with Crippen LogP contribution in [-0.4, -0.2) is 86.4 Å². The fraction of sp³-hybridized carbons (Fsp3) is 0.571. The van der Waals surface area contributed by atoms with Gasteiger partial charge in [-0.1, -0.05) is 51.8 Å². The highest BCUT2D eigenvalue weighted by Crippen LogP contribution is 2.41. The molecular formula is C42H61N3O7S2Si. The fourth-order valence-electron chi connectivity index (χ4n) is 6.95. The smallest absolute Gasteiger partial charge is 0.349 e. The van der Waals surface area contributed by atoms with Crippen molar-refractivity contribution in [3.63, 3.8) is 0 Å². The van der Waals surface area contributed by atoms with Crippen LogP contribution in [0.15, 0.2) is 64.1 Å². The molecule has 0 bridgehead atoms. The number of H-pyrrole nitrogens is 1. The number of ether oxygens (including phenoxy) is 2. The van der Waals surface area contributed by atoms with E-state index in [9.17, 15) is 19.8 Å². The number of fused-ring (bicyclic) bond motifs is 1. The van der Waals surface area contributed by atoms with Gasteiger partial charge in [0.05, 0.1) is 28.0 Å². The van der Waals surface area contributed by atoms with Crippen molar-refractivity contribution in [3.05, 3.63) is 85.0 Å². The Bertz CT molecular complexity index is 1800. The summed E-state index contributed by atoms with van der Waals surface area (Å²) in [6.07, 6.45) is 7.32. The Balaban J connectivity index is 0.962. The zero-order chi connectivity index (χ0) is 39.6. The number of benzene rings is 1. The van der Waals surface area contributed by atoms with E-state index in [-0.39, 0.29) is 28.6 Å². The first kappa shape index (κ1) is 43.2. The molecular weight excluding hydrogens is 751 g/mol. The molecule has 13 heteroatoms. The Labute approximate surface area is 335 Å². The average molecular weight is 812 g/mol. The lowest BCUT2D eigenvalue weighted by Crippen LogP contribution is -2.43. The predicted molar refractivity (Wildman–Crippen MR) is 226 cm³/mol. The molecule has 302 valence electrons. The van der Waals surface area contributed by atoms with Gasteiger partial charge in [0, 0.05) is 37.2 Å². The fourth-order valence-corrected chi connectivity index (χ4v) is 9.94. The first-order valence-corrected chi connectivity index (χ1v) is 24.4. The number of carbonyl (C=O) groups is 1. The first-order valence-electron chi connectivity index (χ1n) is 19.7. The maximum absolute atomic E-state index is 13.3. The third kappa shape index (κ3) is 11.2. The number of rotatable bonds is 20. The standard InChI is InChI=1S/C42H61N3O7S2Si/c1-41(2,3)55(5,6)52-35(32-19-21-34(46)39-33(32)20-22-38(47)44-39)29-43-23-9-7-8-10-25-50-26-24-45(4)30-15-17-31(18-16-30)51-40(48)42(49,36-13-11-27-53-36)37-14-12-28-54-37/h11-14,19-22,27-28,30-31,35,43,46,49H,7-10,15-18,23-26,29H2,1-6H3,(H,44,47)/t30-,31-,35-/m0/s1. The molecule has 3 aromatic heterocycles. The van der Waals surface area contributed by atoms with Crippen LogP contribution in [0.4, 0.5) is 0 Å². The van der Waals surface area contributed by atoms with Gasteiger partial charge in [0.15, 0.2) is 8.32 Å². The van der Waals surface area contributed by atoms with E-state index in [2.05, 4.69) is 56.1 Å². The van der Waals surface area contributed by atoms with E-state index >= 15 is 0 Å². The Morgan fingerprint density at radius 3 is 2.27 bits per heavy atom. The predicted octanol–water partition coefficient (Wildman–Crippen LogP) is 8.31. The molecule has 1 aromatic carbocycles. The van der Waals surface area contributed by atoms with Crippen molar-refractivity contribution in [1.29, 1.82) is 0 Å². The van der Waals surface area contributed by atoms with Crippen LogP contribution in [0, 0.1) is 0 Å². The van der Waals surface area contributed by atoms with E-state index in [4.69, 9.17) is 13.9 Å². The van der Waals surface area contributed by atoms with E-state index in [1.165, 1.54) is 28.7 Å². The largest absolute Gasteiger partial charge is 0.506 e. The van der Waals surface area contributed by atoms with Crippen LogP contribution in [-0.2, 0) is 24.3 Å². The zero-order valence-corrected chi connectivity index (χ0v) is 36.0. The Morgan fingerprint density at radius 1 is 0.964 bits per heavy atom. The second-order valence-electron chi connectivity index (χ2n) is 16.4. The number of likely N-dealkylation sites (N-methyl/N-ethyl adjacent to an activating group) is 1. The maximum atomic E-state index is 13.3. The molecule has 5 rings (SSSR count). The normalized spacial score (nSPS) is 17.5. The van der Waals surface area contributed by atoms with E-state index in [0.717, 1.165) is 82.0 Å². The van der Waals surface area contributed by atoms with Gasteiger partial charge in [0.25, 0.3) is 0 Å². The van der Waals surface area contributed by atoms with E-state index in [1.54, 1.807) is 24.3 Å². The van der Waals surface area contributed by atoms with Gasteiger partial charge in [-0.2, -0.15) is 0 Å². The number of nitrogens with zero attached hydrogens (tertiary/aromatic N) is 1. The average Bonchev–Trinajstić information content (AvgIpc) is 3.90. The zero-order valence-electron chi connectivity index (χ0n) is 33.4. The number of hydrogen-bond acceptors (Lipinski definition) is 11. The van der Waals surface area contributed by atoms with Crippen molar-refractivity contribution in [2.75, 3.05) is 39.9 Å². The number of aromatic amines is 1. The third-order valence-corrected chi connectivity index (χ3v) is 17.8. The highest BCUT2D eigenvalue weighted by Gasteiger charge is 2.45. The Kier molecular flexibility index (Phi) is 15.3. The van der Waals surface area contributed by atoms with Crippen LogP contribution >= 0.6 is 22.7 Å². The van der Waals surface area contributed by atoms with Gasteiger partial charge in [-0.05, 0) is 111 Å². The Hall–Kier alpha value is -2.88. The number of aromatic hydroxyl groups is 1. The summed E-state index contributed by atoms with van der Waals surface area (Å²) in [4.78, 5) is 31.7. The lowest BCUT2D eigenvalue weighted by molar-refractivity contribution is -0.169. The van der Waals surface area contributed by atoms with Crippen molar-refractivity contribution in [2.45, 2.75) is 114 Å². The van der Waals surface area contributed by atoms with Crippen LogP contribution in [0.5, 0.6) is 5.75 Å². The van der Waals surface area contributed by atoms with Gasteiger partial charge in [-0.15, -0.1) is 22.7 Å². The third-order valence-electron chi connectivity index (χ3n) is 11.4. The molecule has 0 radical (unpaired) electrons. The molecule has 1 saturated carbocycles. The SMILES string of the molecule is CN(CCOCCCCCCNC[C@H](O[Si](C)(C)C(C)(C)C)c1ccc(O)c2[nH]c(=O)ccc12)[C@H]1CC[C@H](OC(=O)C(O)(c2cccs2)c2cccs2)CC1. The first-order chi connectivity index (χ1) is 26.2. The second-order valence-corrected chi connectivity index (χ2v) is 23.0. The summed E-state index contributed by atoms with van der Waals surface area (Å²) in [7, 11) is 0.0232. The number of hydrogen-bond donors (Lipinski definition) is 4. The van der Waals surface area contributed by atoms with Crippen LogP contribution in [0.25, 0.3) is 10.9 Å². The van der Waals surface area contributed by atoms with Gasteiger partial charge in [-0.3, -0.25) is 4.79 Å². The van der Waals surface area contributed by atoms with E-state index in [0.29, 0.717) is 34.5 Å². The summed E-state index contributed by atoms with van der Waals surface area (Å²) >= 11 is 2.72. The number of phenolic OH excluding ortho intramolecular Hbond substituents is 1. The van der Waals surface area contributed by atoms with Crippen LogP contribution in [0.3, 0.4) is 0 Å². The van der Waals surface area contributed by atoms with Gasteiger partial charge >= 0.3 is 5.97 Å². The molecule has 1 aliphatic rings. The molecule has 4 aromatic rings. The molecule has 0 aliphatic heterocycles. The quantitative estimate of drug-likeness (QED) is 0.0395. The molecule has 10 nitrogen and oxygen atoms in total. The minimum absolute atomic E-state index is 0.0343.